The summed E-state index contributed by atoms with van der Waals surface area (Å²) in [5, 5.41) is 9.02. The van der Waals surface area contributed by atoms with Gasteiger partial charge in [0.25, 0.3) is 0 Å². The van der Waals surface area contributed by atoms with Gasteiger partial charge >= 0.3 is 0 Å². The van der Waals surface area contributed by atoms with Gasteiger partial charge in [0, 0.05) is 6.61 Å². The third-order valence-electron chi connectivity index (χ3n) is 9.38. The van der Waals surface area contributed by atoms with Crippen molar-refractivity contribution in [3.63, 3.8) is 0 Å². The van der Waals surface area contributed by atoms with Crippen LogP contribution >= 0.6 is 0 Å². The highest BCUT2D eigenvalue weighted by Gasteiger charge is 2.38. The Hall–Kier alpha value is -0.0400. The van der Waals surface area contributed by atoms with E-state index >= 15 is 0 Å². The molecule has 0 bridgehead atoms. The fraction of sp³-hybridized carbons (Fsp3) is 1.00. The van der Waals surface area contributed by atoms with Gasteiger partial charge in [0.05, 0.1) is 0 Å². The summed E-state index contributed by atoms with van der Waals surface area (Å²) in [6, 6.07) is 0. The molecule has 3 saturated carbocycles. The Kier molecular flexibility index (Phi) is 9.68. The van der Waals surface area contributed by atoms with Gasteiger partial charge in [0.15, 0.2) is 0 Å². The van der Waals surface area contributed by atoms with E-state index in [1.54, 1.807) is 32.1 Å². The molecule has 0 spiro atoms. The molecule has 3 atom stereocenters. The first-order valence-corrected chi connectivity index (χ1v) is 13.4. The van der Waals surface area contributed by atoms with Crippen LogP contribution in [-0.4, -0.2) is 11.7 Å². The monoisotopic (exact) mass is 390 g/mol. The molecule has 0 aromatic carbocycles. The number of hydrogen-bond donors (Lipinski definition) is 1. The Morgan fingerprint density at radius 1 is 0.643 bits per heavy atom. The average molecular weight is 391 g/mol. The zero-order valence-electron chi connectivity index (χ0n) is 19.2. The molecule has 0 aromatic rings. The minimum Gasteiger partial charge on any atom is -0.396 e. The van der Waals surface area contributed by atoms with Crippen molar-refractivity contribution in [2.45, 2.75) is 123 Å². The molecular weight excluding hydrogens is 340 g/mol. The second kappa shape index (κ2) is 12.0. The summed E-state index contributed by atoms with van der Waals surface area (Å²) in [5.41, 5.74) is 0. The first-order valence-electron chi connectivity index (χ1n) is 13.4. The molecule has 164 valence electrons. The highest BCUT2D eigenvalue weighted by Crippen LogP contribution is 2.49. The fourth-order valence-electron chi connectivity index (χ4n) is 7.65. The van der Waals surface area contributed by atoms with Crippen molar-refractivity contribution < 1.29 is 5.11 Å². The molecule has 3 unspecified atom stereocenters. The van der Waals surface area contributed by atoms with Gasteiger partial charge in [-0.2, -0.15) is 0 Å². The number of rotatable bonds is 9. The quantitative estimate of drug-likeness (QED) is 0.395. The lowest BCUT2D eigenvalue weighted by atomic mass is 9.60. The molecule has 0 aromatic heterocycles. The topological polar surface area (TPSA) is 20.2 Å². The molecule has 0 heterocycles. The summed E-state index contributed by atoms with van der Waals surface area (Å²) in [7, 11) is 0. The predicted molar refractivity (Wildman–Crippen MR) is 121 cm³/mol. The van der Waals surface area contributed by atoms with Crippen LogP contribution in [-0.2, 0) is 0 Å². The molecule has 0 aliphatic heterocycles. The summed E-state index contributed by atoms with van der Waals surface area (Å²) in [6.45, 7) is 5.23. The van der Waals surface area contributed by atoms with Gasteiger partial charge in [-0.15, -0.1) is 0 Å². The standard InChI is InChI=1S/C27H50O/c1-3-7-21-9-13-24(14-10-21)26-17-18-27(23(4-2)20-26)25-15-11-22(12-16-25)8-5-6-19-28/h21-28H,3-20H2,1-2H3. The second-order valence-electron chi connectivity index (χ2n) is 11.0. The maximum atomic E-state index is 9.02. The van der Waals surface area contributed by atoms with Gasteiger partial charge in [0.2, 0.25) is 0 Å². The zero-order valence-corrected chi connectivity index (χ0v) is 19.2. The van der Waals surface area contributed by atoms with E-state index in [0.717, 1.165) is 47.8 Å². The lowest BCUT2D eigenvalue weighted by Crippen LogP contribution is -2.35. The van der Waals surface area contributed by atoms with Gasteiger partial charge in [0.1, 0.15) is 0 Å². The van der Waals surface area contributed by atoms with E-state index in [1.165, 1.54) is 70.6 Å². The number of aliphatic hydroxyl groups excluding tert-OH is 1. The Labute approximate surface area is 176 Å². The molecular formula is C27H50O. The molecule has 3 aliphatic rings. The summed E-state index contributed by atoms with van der Waals surface area (Å²) in [5.74, 6) is 7.30. The van der Waals surface area contributed by atoms with E-state index in [1.807, 2.05) is 0 Å². The highest BCUT2D eigenvalue weighted by molar-refractivity contribution is 4.89. The van der Waals surface area contributed by atoms with Crippen molar-refractivity contribution in [3.8, 4) is 0 Å². The maximum Gasteiger partial charge on any atom is 0.0431 e. The molecule has 3 fully saturated rings. The van der Waals surface area contributed by atoms with Crippen LogP contribution in [0.1, 0.15) is 123 Å². The van der Waals surface area contributed by atoms with Gasteiger partial charge in [-0.3, -0.25) is 0 Å². The lowest BCUT2D eigenvalue weighted by Gasteiger charge is -2.45. The van der Waals surface area contributed by atoms with Gasteiger partial charge in [-0.05, 0) is 92.8 Å². The van der Waals surface area contributed by atoms with Gasteiger partial charge in [-0.25, -0.2) is 0 Å². The number of aliphatic hydroxyl groups is 1. The van der Waals surface area contributed by atoms with Crippen LogP contribution in [0.3, 0.4) is 0 Å². The third-order valence-corrected chi connectivity index (χ3v) is 9.38. The SMILES string of the molecule is CCCC1CCC(C2CCC(C3CCC(CCCCO)CC3)C(CC)C2)CC1. The smallest absolute Gasteiger partial charge is 0.0431 e. The van der Waals surface area contributed by atoms with Crippen molar-refractivity contribution >= 4 is 0 Å². The van der Waals surface area contributed by atoms with Crippen molar-refractivity contribution in [2.75, 3.05) is 6.61 Å². The molecule has 3 aliphatic carbocycles. The lowest BCUT2D eigenvalue weighted by molar-refractivity contribution is 0.0522. The van der Waals surface area contributed by atoms with Crippen LogP contribution in [0.15, 0.2) is 0 Å². The largest absolute Gasteiger partial charge is 0.396 e. The van der Waals surface area contributed by atoms with E-state index in [0.29, 0.717) is 6.61 Å². The van der Waals surface area contributed by atoms with Crippen LogP contribution in [0.2, 0.25) is 0 Å². The van der Waals surface area contributed by atoms with Gasteiger partial charge in [-0.1, -0.05) is 71.6 Å². The zero-order chi connectivity index (χ0) is 19.8. The van der Waals surface area contributed by atoms with Crippen LogP contribution in [0.4, 0.5) is 0 Å². The molecule has 0 radical (unpaired) electrons. The van der Waals surface area contributed by atoms with E-state index in [9.17, 15) is 0 Å². The summed E-state index contributed by atoms with van der Waals surface area (Å²) < 4.78 is 0. The van der Waals surface area contributed by atoms with E-state index in [4.69, 9.17) is 5.11 Å². The Balaban J connectivity index is 1.42. The highest BCUT2D eigenvalue weighted by atomic mass is 16.2. The molecule has 28 heavy (non-hydrogen) atoms. The molecule has 1 N–H and O–H groups in total. The van der Waals surface area contributed by atoms with Gasteiger partial charge < -0.3 is 5.11 Å². The normalized spacial score (nSPS) is 39.8. The minimum absolute atomic E-state index is 0.386. The first-order chi connectivity index (χ1) is 13.7. The van der Waals surface area contributed by atoms with Crippen molar-refractivity contribution in [1.82, 2.24) is 0 Å². The second-order valence-corrected chi connectivity index (χ2v) is 11.0. The van der Waals surface area contributed by atoms with Crippen LogP contribution in [0.25, 0.3) is 0 Å². The number of unbranched alkanes of at least 4 members (excludes halogenated alkanes) is 1. The molecule has 0 saturated heterocycles. The molecule has 1 nitrogen and oxygen atoms in total. The third kappa shape index (κ3) is 6.23. The van der Waals surface area contributed by atoms with Crippen LogP contribution < -0.4 is 0 Å². The Bertz CT molecular complexity index is 402. The Morgan fingerprint density at radius 3 is 1.86 bits per heavy atom. The first kappa shape index (κ1) is 22.6. The van der Waals surface area contributed by atoms with E-state index in [-0.39, 0.29) is 0 Å². The van der Waals surface area contributed by atoms with E-state index in [2.05, 4.69) is 13.8 Å². The minimum atomic E-state index is 0.386. The van der Waals surface area contributed by atoms with Crippen molar-refractivity contribution in [2.24, 2.45) is 41.4 Å². The van der Waals surface area contributed by atoms with Crippen molar-refractivity contribution in [3.05, 3.63) is 0 Å². The molecule has 0 amide bonds. The molecule has 3 rings (SSSR count). The fourth-order valence-corrected chi connectivity index (χ4v) is 7.65. The predicted octanol–water partition coefficient (Wildman–Crippen LogP) is 8.00. The van der Waals surface area contributed by atoms with Crippen LogP contribution in [0, 0.1) is 41.4 Å². The summed E-state index contributed by atoms with van der Waals surface area (Å²) >= 11 is 0. The number of hydrogen-bond acceptors (Lipinski definition) is 1. The molecule has 1 heteroatoms. The van der Waals surface area contributed by atoms with Crippen molar-refractivity contribution in [1.29, 1.82) is 0 Å². The van der Waals surface area contributed by atoms with Crippen LogP contribution in [0.5, 0.6) is 0 Å². The maximum absolute atomic E-state index is 9.02. The van der Waals surface area contributed by atoms with E-state index < -0.39 is 0 Å². The summed E-state index contributed by atoms with van der Waals surface area (Å²) in [4.78, 5) is 0. The average Bonchev–Trinajstić information content (AvgIpc) is 2.75. The Morgan fingerprint density at radius 2 is 1.25 bits per heavy atom. The summed E-state index contributed by atoms with van der Waals surface area (Å²) in [6.07, 6.45) is 24.8.